The third kappa shape index (κ3) is 5.19. The summed E-state index contributed by atoms with van der Waals surface area (Å²) in [5, 5.41) is 12.7. The summed E-state index contributed by atoms with van der Waals surface area (Å²) in [5.41, 5.74) is 1.06. The number of sulfonamides is 1. The summed E-state index contributed by atoms with van der Waals surface area (Å²) in [6.45, 7) is 0.00730. The van der Waals surface area contributed by atoms with Crippen molar-refractivity contribution in [1.29, 1.82) is 0 Å². The summed E-state index contributed by atoms with van der Waals surface area (Å²) >= 11 is 0. The maximum atomic E-state index is 13.3. The molecule has 3 aromatic carbocycles. The molecule has 0 spiro atoms. The van der Waals surface area contributed by atoms with Crippen LogP contribution in [0.5, 0.6) is 0 Å². The van der Waals surface area contributed by atoms with Gasteiger partial charge in [0.15, 0.2) is 11.6 Å². The van der Waals surface area contributed by atoms with E-state index in [0.717, 1.165) is 12.1 Å². The van der Waals surface area contributed by atoms with E-state index in [2.05, 4.69) is 10.0 Å². The van der Waals surface area contributed by atoms with E-state index in [1.807, 2.05) is 6.07 Å². The first-order valence-electron chi connectivity index (χ1n) is 8.85. The summed E-state index contributed by atoms with van der Waals surface area (Å²) in [4.78, 5) is 11.8. The molecule has 0 aliphatic carbocycles. The Morgan fingerprint density at radius 3 is 2.23 bits per heavy atom. The predicted octanol–water partition coefficient (Wildman–Crippen LogP) is 3.23. The van der Waals surface area contributed by atoms with Crippen LogP contribution in [0, 0.1) is 11.6 Å². The van der Waals surface area contributed by atoms with E-state index in [0.29, 0.717) is 11.6 Å². The van der Waals surface area contributed by atoms with Gasteiger partial charge in [-0.2, -0.15) is 0 Å². The van der Waals surface area contributed by atoms with Crippen molar-refractivity contribution in [3.8, 4) is 0 Å². The third-order valence-corrected chi connectivity index (χ3v) is 5.62. The lowest BCUT2D eigenvalue weighted by molar-refractivity contribution is 0.0916. The molecule has 0 saturated heterocycles. The normalized spacial score (nSPS) is 12.2. The van der Waals surface area contributed by atoms with Crippen LogP contribution in [0.15, 0.2) is 77.7 Å². The Hall–Kier alpha value is -3.30. The summed E-state index contributed by atoms with van der Waals surface area (Å²) in [6, 6.07) is 16.6. The number of aliphatic hydroxyl groups excluding tert-OH is 1. The summed E-state index contributed by atoms with van der Waals surface area (Å²) in [5.74, 6) is -2.87. The number of halogens is 2. The molecule has 30 heavy (non-hydrogen) atoms. The number of benzene rings is 3. The molecule has 3 N–H and O–H groups in total. The highest BCUT2D eigenvalue weighted by atomic mass is 32.2. The number of amides is 1. The molecule has 0 bridgehead atoms. The van der Waals surface area contributed by atoms with Gasteiger partial charge in [-0.3, -0.25) is 9.52 Å². The lowest BCUT2D eigenvalue weighted by Crippen LogP contribution is -2.28. The Morgan fingerprint density at radius 1 is 0.933 bits per heavy atom. The van der Waals surface area contributed by atoms with E-state index < -0.39 is 38.6 Å². The maximum absolute atomic E-state index is 13.3. The number of carbonyl (C=O) groups is 1. The second-order valence-electron chi connectivity index (χ2n) is 6.40. The van der Waals surface area contributed by atoms with Crippen LogP contribution in [-0.2, 0) is 10.0 Å². The second kappa shape index (κ2) is 9.02. The van der Waals surface area contributed by atoms with E-state index in [1.165, 1.54) is 24.3 Å². The second-order valence-corrected chi connectivity index (χ2v) is 8.08. The van der Waals surface area contributed by atoms with Crippen LogP contribution in [0.4, 0.5) is 14.5 Å². The van der Waals surface area contributed by atoms with E-state index in [9.17, 15) is 27.1 Å². The average Bonchev–Trinajstić information content (AvgIpc) is 2.74. The van der Waals surface area contributed by atoms with Gasteiger partial charge in [0.25, 0.3) is 15.9 Å². The van der Waals surface area contributed by atoms with Gasteiger partial charge in [0.1, 0.15) is 0 Å². The molecule has 1 atom stereocenters. The number of carbonyl (C=O) groups excluding carboxylic acids is 1. The van der Waals surface area contributed by atoms with Crippen LogP contribution in [0.25, 0.3) is 0 Å². The van der Waals surface area contributed by atoms with Crippen molar-refractivity contribution in [1.82, 2.24) is 5.32 Å². The Labute approximate surface area is 172 Å². The zero-order chi connectivity index (χ0) is 21.7. The Bertz CT molecular complexity index is 1140. The van der Waals surface area contributed by atoms with Gasteiger partial charge in [0.05, 0.1) is 11.0 Å². The minimum atomic E-state index is -4.13. The van der Waals surface area contributed by atoms with Gasteiger partial charge in [-0.1, -0.05) is 30.3 Å². The van der Waals surface area contributed by atoms with E-state index in [-0.39, 0.29) is 17.8 Å². The van der Waals surface area contributed by atoms with Crippen molar-refractivity contribution < 1.29 is 27.1 Å². The number of nitrogens with one attached hydrogen (secondary N) is 2. The van der Waals surface area contributed by atoms with Gasteiger partial charge < -0.3 is 10.4 Å². The van der Waals surface area contributed by atoms with Crippen molar-refractivity contribution in [2.75, 3.05) is 11.3 Å². The van der Waals surface area contributed by atoms with E-state index in [1.54, 1.807) is 24.3 Å². The number of hydrogen-bond acceptors (Lipinski definition) is 4. The number of anilines is 1. The summed E-state index contributed by atoms with van der Waals surface area (Å²) in [6.07, 6.45) is -0.864. The highest BCUT2D eigenvalue weighted by Crippen LogP contribution is 2.19. The molecule has 1 unspecified atom stereocenters. The molecular weight excluding hydrogens is 414 g/mol. The first-order valence-corrected chi connectivity index (χ1v) is 10.3. The Balaban J connectivity index is 1.62. The van der Waals surface area contributed by atoms with Crippen LogP contribution < -0.4 is 10.0 Å². The van der Waals surface area contributed by atoms with Crippen LogP contribution in [-0.4, -0.2) is 26.0 Å². The van der Waals surface area contributed by atoms with Crippen LogP contribution in [0.2, 0.25) is 0 Å². The zero-order valence-corrected chi connectivity index (χ0v) is 16.4. The van der Waals surface area contributed by atoms with Crippen molar-refractivity contribution in [3.05, 3.63) is 95.6 Å². The fraction of sp³-hybridized carbons (Fsp3) is 0.0952. The smallest absolute Gasteiger partial charge is 0.261 e. The minimum absolute atomic E-state index is 0.00730. The maximum Gasteiger partial charge on any atom is 0.261 e. The SMILES string of the molecule is O=C(NCC(O)c1ccccc1)c1ccc(NS(=O)(=O)c2ccc(F)c(F)c2)cc1. The molecule has 0 heterocycles. The van der Waals surface area contributed by atoms with Gasteiger partial charge in [-0.25, -0.2) is 17.2 Å². The van der Waals surface area contributed by atoms with Crippen molar-refractivity contribution in [3.63, 3.8) is 0 Å². The highest BCUT2D eigenvalue weighted by Gasteiger charge is 2.17. The van der Waals surface area contributed by atoms with Crippen molar-refractivity contribution in [2.24, 2.45) is 0 Å². The molecule has 0 aromatic heterocycles. The molecule has 0 fully saturated rings. The molecule has 1 amide bonds. The molecule has 9 heteroatoms. The Kier molecular flexibility index (Phi) is 6.43. The summed E-state index contributed by atoms with van der Waals surface area (Å²) < 4.78 is 53.1. The molecule has 156 valence electrons. The number of hydrogen-bond donors (Lipinski definition) is 3. The van der Waals surface area contributed by atoms with Gasteiger partial charge >= 0.3 is 0 Å². The van der Waals surface area contributed by atoms with Gasteiger partial charge in [0.2, 0.25) is 0 Å². The van der Waals surface area contributed by atoms with Gasteiger partial charge in [0, 0.05) is 17.8 Å². The Morgan fingerprint density at radius 2 is 1.60 bits per heavy atom. The van der Waals surface area contributed by atoms with E-state index >= 15 is 0 Å². The van der Waals surface area contributed by atoms with E-state index in [4.69, 9.17) is 0 Å². The average molecular weight is 432 g/mol. The van der Waals surface area contributed by atoms with Gasteiger partial charge in [-0.15, -0.1) is 0 Å². The lowest BCUT2D eigenvalue weighted by atomic mass is 10.1. The lowest BCUT2D eigenvalue weighted by Gasteiger charge is -2.13. The molecule has 0 aliphatic rings. The topological polar surface area (TPSA) is 95.5 Å². The molecule has 3 aromatic rings. The predicted molar refractivity (Wildman–Crippen MR) is 107 cm³/mol. The standard InChI is InChI=1S/C21H18F2N2O4S/c22-18-11-10-17(12-19(18)23)30(28,29)25-16-8-6-15(7-9-16)21(27)24-13-20(26)14-4-2-1-3-5-14/h1-12,20,25-26H,13H2,(H,24,27). The molecule has 0 saturated carbocycles. The van der Waals surface area contributed by atoms with Crippen LogP contribution in [0.1, 0.15) is 22.0 Å². The zero-order valence-electron chi connectivity index (χ0n) is 15.5. The largest absolute Gasteiger partial charge is 0.387 e. The minimum Gasteiger partial charge on any atom is -0.387 e. The molecule has 0 radical (unpaired) electrons. The van der Waals surface area contributed by atoms with Crippen molar-refractivity contribution in [2.45, 2.75) is 11.0 Å². The molecule has 3 rings (SSSR count). The first-order chi connectivity index (χ1) is 14.3. The third-order valence-electron chi connectivity index (χ3n) is 4.24. The fourth-order valence-corrected chi connectivity index (χ4v) is 3.70. The van der Waals surface area contributed by atoms with Crippen LogP contribution in [0.3, 0.4) is 0 Å². The highest BCUT2D eigenvalue weighted by molar-refractivity contribution is 7.92. The van der Waals surface area contributed by atoms with Gasteiger partial charge in [-0.05, 0) is 48.0 Å². The monoisotopic (exact) mass is 432 g/mol. The number of rotatable bonds is 7. The molecule has 0 aliphatic heterocycles. The number of aliphatic hydroxyl groups is 1. The quantitative estimate of drug-likeness (QED) is 0.534. The fourth-order valence-electron chi connectivity index (χ4n) is 2.63. The summed E-state index contributed by atoms with van der Waals surface area (Å²) in [7, 11) is -4.13. The molecule has 6 nitrogen and oxygen atoms in total. The van der Waals surface area contributed by atoms with Crippen LogP contribution >= 0.6 is 0 Å². The first kappa shape index (κ1) is 21.4. The van der Waals surface area contributed by atoms with Crippen molar-refractivity contribution >= 4 is 21.6 Å². The molecular formula is C21H18F2N2O4S.